The number of likely N-dealkylation sites (tertiary alicyclic amines) is 1. The second-order valence-electron chi connectivity index (χ2n) is 5.05. The predicted molar refractivity (Wildman–Crippen MR) is 71.9 cm³/mol. The highest BCUT2D eigenvalue weighted by Crippen LogP contribution is 2.29. The molecule has 0 radical (unpaired) electrons. The Morgan fingerprint density at radius 3 is 2.35 bits per heavy atom. The molecule has 0 aliphatic carbocycles. The van der Waals surface area contributed by atoms with Crippen LogP contribution in [-0.4, -0.2) is 46.9 Å². The summed E-state index contributed by atoms with van der Waals surface area (Å²) in [6.07, 6.45) is -5.73. The Hall–Kier alpha value is -2.58. The van der Waals surface area contributed by atoms with Crippen molar-refractivity contribution in [1.82, 2.24) is 10.2 Å². The number of ketones is 1. The quantitative estimate of drug-likeness (QED) is 0.865. The van der Waals surface area contributed by atoms with Crippen LogP contribution in [-0.2, 0) is 11.0 Å². The van der Waals surface area contributed by atoms with Crippen molar-refractivity contribution in [3.63, 3.8) is 0 Å². The number of Topliss-reactive ketones (excluding diaryl/α,β-unsaturated/α-hetero) is 1. The second-order valence-corrected chi connectivity index (χ2v) is 5.05. The van der Waals surface area contributed by atoms with Gasteiger partial charge in [-0.3, -0.25) is 9.59 Å². The lowest BCUT2D eigenvalue weighted by atomic mass is 10.0. The third-order valence-electron chi connectivity index (χ3n) is 3.47. The van der Waals surface area contributed by atoms with Crippen LogP contribution in [0.4, 0.5) is 18.0 Å². The molecule has 1 aromatic rings. The topological polar surface area (TPSA) is 86.7 Å². The zero-order valence-electron chi connectivity index (χ0n) is 11.8. The average Bonchev–Trinajstić information content (AvgIpc) is 2.48. The van der Waals surface area contributed by atoms with Crippen molar-refractivity contribution in [2.45, 2.75) is 18.6 Å². The van der Waals surface area contributed by atoms with E-state index < -0.39 is 29.8 Å². The summed E-state index contributed by atoms with van der Waals surface area (Å²) < 4.78 is 37.4. The third kappa shape index (κ3) is 3.99. The van der Waals surface area contributed by atoms with E-state index in [0.29, 0.717) is 0 Å². The van der Waals surface area contributed by atoms with Crippen molar-refractivity contribution in [1.29, 1.82) is 0 Å². The van der Waals surface area contributed by atoms with Gasteiger partial charge in [0.2, 0.25) is 0 Å². The van der Waals surface area contributed by atoms with Gasteiger partial charge in [0.15, 0.2) is 5.78 Å². The fourth-order valence-electron chi connectivity index (χ4n) is 2.18. The number of nitrogens with zero attached hydrogens (tertiary/aromatic N) is 1. The highest BCUT2D eigenvalue weighted by Gasteiger charge is 2.32. The second kappa shape index (κ2) is 6.27. The molecule has 1 aliphatic heterocycles. The maximum atomic E-state index is 12.5. The van der Waals surface area contributed by atoms with Gasteiger partial charge < -0.3 is 15.3 Å². The Balaban J connectivity index is 2.06. The van der Waals surface area contributed by atoms with Gasteiger partial charge >= 0.3 is 12.3 Å². The summed E-state index contributed by atoms with van der Waals surface area (Å²) in [4.78, 5) is 35.6. The zero-order valence-corrected chi connectivity index (χ0v) is 11.8. The Bertz CT molecular complexity index is 628. The number of rotatable bonds is 2. The summed E-state index contributed by atoms with van der Waals surface area (Å²) in [7, 11) is 0. The Labute approximate surface area is 128 Å². The Kier molecular flexibility index (Phi) is 4.57. The van der Waals surface area contributed by atoms with Crippen LogP contribution in [0.5, 0.6) is 0 Å². The van der Waals surface area contributed by atoms with Crippen molar-refractivity contribution in [2.75, 3.05) is 13.1 Å². The van der Waals surface area contributed by atoms with Crippen LogP contribution in [0.25, 0.3) is 0 Å². The summed E-state index contributed by atoms with van der Waals surface area (Å²) in [5.74, 6) is -1.05. The van der Waals surface area contributed by atoms with E-state index in [9.17, 15) is 27.6 Å². The van der Waals surface area contributed by atoms with E-state index in [2.05, 4.69) is 5.32 Å². The molecule has 1 saturated heterocycles. The minimum absolute atomic E-state index is 0.0236. The molecular weight excluding hydrogens is 317 g/mol. The lowest BCUT2D eigenvalue weighted by Gasteiger charge is -2.30. The number of carbonyl (C=O) groups excluding carboxylic acids is 2. The number of alkyl halides is 3. The number of amides is 2. The van der Waals surface area contributed by atoms with Gasteiger partial charge in [-0.15, -0.1) is 0 Å². The first-order valence-electron chi connectivity index (χ1n) is 6.67. The van der Waals surface area contributed by atoms with E-state index in [1.54, 1.807) is 0 Å². The van der Waals surface area contributed by atoms with E-state index in [1.807, 2.05) is 0 Å². The van der Waals surface area contributed by atoms with Gasteiger partial charge in [0.25, 0.3) is 5.91 Å². The molecule has 0 bridgehead atoms. The number of hydrogen-bond acceptors (Lipinski definition) is 3. The maximum Gasteiger partial charge on any atom is 0.416 e. The van der Waals surface area contributed by atoms with Crippen molar-refractivity contribution in [2.24, 2.45) is 0 Å². The molecule has 1 unspecified atom stereocenters. The van der Waals surface area contributed by atoms with Crippen LogP contribution in [0.15, 0.2) is 24.3 Å². The molecule has 0 spiro atoms. The van der Waals surface area contributed by atoms with Crippen LogP contribution in [0.3, 0.4) is 0 Å². The summed E-state index contributed by atoms with van der Waals surface area (Å²) in [6, 6.07) is 2.53. The monoisotopic (exact) mass is 330 g/mol. The molecule has 1 atom stereocenters. The molecule has 2 rings (SSSR count). The van der Waals surface area contributed by atoms with Crippen LogP contribution < -0.4 is 5.32 Å². The standard InChI is InChI=1S/C14H13F3N2O4/c15-14(16,17)9-3-1-8(2-4-9)12(21)18-10-7-19(13(22)23)6-5-11(10)20/h1-4,10H,5-7H2,(H,18,21)(H,22,23). The summed E-state index contributed by atoms with van der Waals surface area (Å²) in [5, 5.41) is 11.2. The van der Waals surface area contributed by atoms with Gasteiger partial charge in [0, 0.05) is 18.5 Å². The number of hydrogen-bond donors (Lipinski definition) is 2. The van der Waals surface area contributed by atoms with E-state index in [0.717, 1.165) is 29.2 Å². The fourth-order valence-corrected chi connectivity index (χ4v) is 2.18. The van der Waals surface area contributed by atoms with Crippen LogP contribution >= 0.6 is 0 Å². The zero-order chi connectivity index (χ0) is 17.2. The summed E-state index contributed by atoms with van der Waals surface area (Å²) in [6.45, 7) is -0.124. The third-order valence-corrected chi connectivity index (χ3v) is 3.47. The van der Waals surface area contributed by atoms with Crippen LogP contribution in [0.2, 0.25) is 0 Å². The first-order chi connectivity index (χ1) is 10.7. The minimum atomic E-state index is -4.50. The SMILES string of the molecule is O=C(NC1CN(C(=O)O)CCC1=O)c1ccc(C(F)(F)F)cc1. The highest BCUT2D eigenvalue weighted by atomic mass is 19.4. The van der Waals surface area contributed by atoms with Gasteiger partial charge in [0.1, 0.15) is 6.04 Å². The molecule has 0 saturated carbocycles. The predicted octanol–water partition coefficient (Wildman–Crippen LogP) is 1.76. The Morgan fingerprint density at radius 2 is 1.83 bits per heavy atom. The minimum Gasteiger partial charge on any atom is -0.465 e. The smallest absolute Gasteiger partial charge is 0.416 e. The number of nitrogens with one attached hydrogen (secondary N) is 1. The lowest BCUT2D eigenvalue weighted by molar-refractivity contribution is -0.137. The molecule has 1 fully saturated rings. The number of piperidine rings is 1. The molecule has 6 nitrogen and oxygen atoms in total. The molecule has 124 valence electrons. The van der Waals surface area contributed by atoms with Crippen LogP contribution in [0, 0.1) is 0 Å². The van der Waals surface area contributed by atoms with E-state index in [-0.39, 0.29) is 30.9 Å². The molecule has 9 heteroatoms. The largest absolute Gasteiger partial charge is 0.465 e. The number of halogens is 3. The molecule has 1 aromatic carbocycles. The van der Waals surface area contributed by atoms with Gasteiger partial charge in [-0.25, -0.2) is 4.79 Å². The van der Waals surface area contributed by atoms with Gasteiger partial charge in [-0.05, 0) is 24.3 Å². The van der Waals surface area contributed by atoms with Crippen molar-refractivity contribution >= 4 is 17.8 Å². The highest BCUT2D eigenvalue weighted by molar-refractivity contribution is 5.98. The first-order valence-corrected chi connectivity index (χ1v) is 6.67. The maximum absolute atomic E-state index is 12.5. The van der Waals surface area contributed by atoms with E-state index in [4.69, 9.17) is 5.11 Å². The first kappa shape index (κ1) is 16.8. The van der Waals surface area contributed by atoms with Gasteiger partial charge in [-0.2, -0.15) is 13.2 Å². The Morgan fingerprint density at radius 1 is 1.22 bits per heavy atom. The van der Waals surface area contributed by atoms with Gasteiger partial charge in [0.05, 0.1) is 12.1 Å². The van der Waals surface area contributed by atoms with Crippen molar-refractivity contribution in [3.05, 3.63) is 35.4 Å². The molecular formula is C14H13F3N2O4. The molecule has 2 N–H and O–H groups in total. The normalized spacial score (nSPS) is 18.7. The molecule has 23 heavy (non-hydrogen) atoms. The summed E-state index contributed by atoms with van der Waals surface area (Å²) in [5.41, 5.74) is -0.932. The van der Waals surface area contributed by atoms with E-state index in [1.165, 1.54) is 0 Å². The number of carbonyl (C=O) groups is 3. The molecule has 0 aromatic heterocycles. The van der Waals surface area contributed by atoms with E-state index >= 15 is 0 Å². The number of benzene rings is 1. The van der Waals surface area contributed by atoms with Crippen molar-refractivity contribution < 1.29 is 32.7 Å². The molecule has 1 aliphatic rings. The van der Waals surface area contributed by atoms with Crippen molar-refractivity contribution in [3.8, 4) is 0 Å². The average molecular weight is 330 g/mol. The fraction of sp³-hybridized carbons (Fsp3) is 0.357. The molecule has 1 heterocycles. The molecule has 2 amide bonds. The summed E-state index contributed by atoms with van der Waals surface area (Å²) >= 11 is 0. The van der Waals surface area contributed by atoms with Crippen LogP contribution in [0.1, 0.15) is 22.3 Å². The lowest BCUT2D eigenvalue weighted by Crippen LogP contribution is -2.54. The van der Waals surface area contributed by atoms with Gasteiger partial charge in [-0.1, -0.05) is 0 Å². The number of carboxylic acid groups (broad SMARTS) is 1.